The zero-order valence-corrected chi connectivity index (χ0v) is 11.2. The van der Waals surface area contributed by atoms with E-state index in [2.05, 4.69) is 10.6 Å². The van der Waals surface area contributed by atoms with Crippen molar-refractivity contribution in [3.05, 3.63) is 24.2 Å². The Morgan fingerprint density at radius 3 is 2.65 bits per heavy atom. The zero-order valence-electron chi connectivity index (χ0n) is 11.2. The summed E-state index contributed by atoms with van der Waals surface area (Å²) in [7, 11) is 0. The predicted octanol–water partition coefficient (Wildman–Crippen LogP) is 0.626. The fraction of sp³-hybridized carbons (Fsp3) is 0.462. The summed E-state index contributed by atoms with van der Waals surface area (Å²) in [5.74, 6) is -2.12. The maximum atomic E-state index is 11.5. The molecule has 1 atom stereocenters. The number of aliphatic carboxylic acids is 1. The van der Waals surface area contributed by atoms with Crippen LogP contribution < -0.4 is 10.6 Å². The van der Waals surface area contributed by atoms with Gasteiger partial charge in [0.2, 0.25) is 5.91 Å². The topological polar surface area (TPSA) is 109 Å². The Hall–Kier alpha value is -2.31. The smallest absolute Gasteiger partial charge is 0.308 e. The summed E-state index contributed by atoms with van der Waals surface area (Å²) in [6.45, 7) is 2.02. The molecule has 1 heterocycles. The van der Waals surface area contributed by atoms with E-state index in [0.717, 1.165) is 0 Å². The van der Waals surface area contributed by atoms with Crippen LogP contribution in [0.2, 0.25) is 0 Å². The third kappa shape index (κ3) is 5.13. The average molecular weight is 282 g/mol. The number of rotatable bonds is 8. The van der Waals surface area contributed by atoms with Gasteiger partial charge in [0.05, 0.1) is 17.7 Å². The molecule has 3 N–H and O–H groups in total. The van der Waals surface area contributed by atoms with Crippen molar-refractivity contribution in [3.63, 3.8) is 0 Å². The molecule has 0 spiro atoms. The molecular weight excluding hydrogens is 264 g/mol. The van der Waals surface area contributed by atoms with Crippen molar-refractivity contribution in [2.45, 2.75) is 19.8 Å². The number of amides is 2. The highest BCUT2D eigenvalue weighted by Gasteiger charge is 2.15. The molecule has 7 heteroatoms. The fourth-order valence-electron chi connectivity index (χ4n) is 1.52. The zero-order chi connectivity index (χ0) is 15.0. The van der Waals surface area contributed by atoms with Gasteiger partial charge in [0.1, 0.15) is 6.26 Å². The second kappa shape index (κ2) is 7.98. The third-order valence-corrected chi connectivity index (χ3v) is 2.81. The molecule has 0 aliphatic rings. The largest absolute Gasteiger partial charge is 0.481 e. The quantitative estimate of drug-likeness (QED) is 0.648. The van der Waals surface area contributed by atoms with Gasteiger partial charge in [-0.3, -0.25) is 14.4 Å². The van der Waals surface area contributed by atoms with Gasteiger partial charge in [-0.15, -0.1) is 0 Å². The Balaban J connectivity index is 2.20. The van der Waals surface area contributed by atoms with E-state index in [9.17, 15) is 14.4 Å². The highest BCUT2D eigenvalue weighted by Crippen LogP contribution is 2.01. The second-order valence-corrected chi connectivity index (χ2v) is 4.27. The first-order valence-electron chi connectivity index (χ1n) is 6.34. The fourth-order valence-corrected chi connectivity index (χ4v) is 1.52. The van der Waals surface area contributed by atoms with E-state index in [-0.39, 0.29) is 31.3 Å². The maximum absolute atomic E-state index is 11.5. The summed E-state index contributed by atoms with van der Waals surface area (Å²) in [5, 5.41) is 13.9. The normalized spacial score (nSPS) is 11.7. The number of hydrogen-bond acceptors (Lipinski definition) is 4. The number of hydrogen-bond donors (Lipinski definition) is 3. The van der Waals surface area contributed by atoms with Crippen molar-refractivity contribution in [2.24, 2.45) is 5.92 Å². The highest BCUT2D eigenvalue weighted by atomic mass is 16.4. The molecule has 0 saturated carbocycles. The molecule has 1 rings (SSSR count). The molecule has 1 aromatic rings. The van der Waals surface area contributed by atoms with Gasteiger partial charge >= 0.3 is 5.97 Å². The molecule has 20 heavy (non-hydrogen) atoms. The van der Waals surface area contributed by atoms with Crippen molar-refractivity contribution in [3.8, 4) is 0 Å². The van der Waals surface area contributed by atoms with Gasteiger partial charge in [0.25, 0.3) is 5.91 Å². The Kier molecular flexibility index (Phi) is 6.28. The van der Waals surface area contributed by atoms with E-state index >= 15 is 0 Å². The maximum Gasteiger partial charge on any atom is 0.308 e. The minimum atomic E-state index is -0.930. The molecular formula is C13H18N2O5. The van der Waals surface area contributed by atoms with Gasteiger partial charge in [-0.05, 0) is 12.5 Å². The molecule has 0 aliphatic carbocycles. The number of furan rings is 1. The van der Waals surface area contributed by atoms with E-state index in [4.69, 9.17) is 9.52 Å². The molecule has 0 aromatic carbocycles. The number of nitrogens with one attached hydrogen (secondary N) is 2. The summed E-state index contributed by atoms with van der Waals surface area (Å²) >= 11 is 0. The molecule has 1 unspecified atom stereocenters. The minimum Gasteiger partial charge on any atom is -0.481 e. The van der Waals surface area contributed by atoms with Crippen LogP contribution in [0.25, 0.3) is 0 Å². The van der Waals surface area contributed by atoms with Gasteiger partial charge in [0, 0.05) is 19.5 Å². The lowest BCUT2D eigenvalue weighted by Crippen LogP contribution is -2.35. The van der Waals surface area contributed by atoms with Crippen LogP contribution in [-0.2, 0) is 9.59 Å². The van der Waals surface area contributed by atoms with Crippen molar-refractivity contribution in [1.82, 2.24) is 10.6 Å². The number of carbonyl (C=O) groups is 3. The first-order valence-corrected chi connectivity index (χ1v) is 6.34. The van der Waals surface area contributed by atoms with Gasteiger partial charge < -0.3 is 20.2 Å². The standard InChI is InChI=1S/C13H18N2O5/c1-2-9(13(18)19)7-15-11(16)3-5-14-12(17)10-4-6-20-8-10/h4,6,8-9H,2-3,5,7H2,1H3,(H,14,17)(H,15,16)(H,18,19). The molecule has 7 nitrogen and oxygen atoms in total. The Morgan fingerprint density at radius 2 is 2.10 bits per heavy atom. The summed E-state index contributed by atoms with van der Waals surface area (Å²) in [6.07, 6.45) is 3.25. The summed E-state index contributed by atoms with van der Waals surface area (Å²) < 4.78 is 4.77. The number of carboxylic acid groups (broad SMARTS) is 1. The van der Waals surface area contributed by atoms with Crippen LogP contribution in [0.4, 0.5) is 0 Å². The van der Waals surface area contributed by atoms with Crippen molar-refractivity contribution < 1.29 is 23.9 Å². The molecule has 110 valence electrons. The van der Waals surface area contributed by atoms with Crippen molar-refractivity contribution in [1.29, 1.82) is 0 Å². The average Bonchev–Trinajstić information content (AvgIpc) is 2.92. The predicted molar refractivity (Wildman–Crippen MR) is 70.1 cm³/mol. The monoisotopic (exact) mass is 282 g/mol. The Morgan fingerprint density at radius 1 is 1.35 bits per heavy atom. The minimum absolute atomic E-state index is 0.0969. The summed E-state index contributed by atoms with van der Waals surface area (Å²) in [6, 6.07) is 1.52. The van der Waals surface area contributed by atoms with E-state index in [1.807, 2.05) is 0 Å². The van der Waals surface area contributed by atoms with Crippen LogP contribution in [-0.4, -0.2) is 36.0 Å². The molecule has 0 aliphatic heterocycles. The molecule has 0 saturated heterocycles. The second-order valence-electron chi connectivity index (χ2n) is 4.27. The summed E-state index contributed by atoms with van der Waals surface area (Å²) in [5.41, 5.74) is 0.391. The highest BCUT2D eigenvalue weighted by molar-refractivity contribution is 5.94. The van der Waals surface area contributed by atoms with Crippen LogP contribution in [0.15, 0.2) is 23.0 Å². The lowest BCUT2D eigenvalue weighted by atomic mass is 10.1. The molecule has 2 amide bonds. The SMILES string of the molecule is CCC(CNC(=O)CCNC(=O)c1ccoc1)C(=O)O. The molecule has 1 aromatic heterocycles. The first kappa shape index (κ1) is 15.7. The molecule has 0 fully saturated rings. The van der Waals surface area contributed by atoms with Crippen LogP contribution in [0.3, 0.4) is 0 Å². The van der Waals surface area contributed by atoms with Gasteiger partial charge in [0.15, 0.2) is 0 Å². The van der Waals surface area contributed by atoms with Gasteiger partial charge in [-0.1, -0.05) is 6.92 Å². The lowest BCUT2D eigenvalue weighted by molar-refractivity contribution is -0.141. The lowest BCUT2D eigenvalue weighted by Gasteiger charge is -2.11. The van der Waals surface area contributed by atoms with Crippen LogP contribution in [0.1, 0.15) is 30.1 Å². The van der Waals surface area contributed by atoms with Gasteiger partial charge in [-0.25, -0.2) is 0 Å². The van der Waals surface area contributed by atoms with Crippen LogP contribution in [0, 0.1) is 5.92 Å². The number of carboxylic acids is 1. The van der Waals surface area contributed by atoms with E-state index in [1.165, 1.54) is 18.6 Å². The van der Waals surface area contributed by atoms with Crippen molar-refractivity contribution in [2.75, 3.05) is 13.1 Å². The Bertz CT molecular complexity index is 455. The Labute approximate surface area is 116 Å². The summed E-state index contributed by atoms with van der Waals surface area (Å²) in [4.78, 5) is 33.7. The van der Waals surface area contributed by atoms with Crippen LogP contribution in [0.5, 0.6) is 0 Å². The van der Waals surface area contributed by atoms with E-state index in [1.54, 1.807) is 6.92 Å². The molecule has 0 bridgehead atoms. The van der Waals surface area contributed by atoms with Gasteiger partial charge in [-0.2, -0.15) is 0 Å². The first-order chi connectivity index (χ1) is 9.54. The van der Waals surface area contributed by atoms with Crippen molar-refractivity contribution >= 4 is 17.8 Å². The number of carbonyl (C=O) groups excluding carboxylic acids is 2. The van der Waals surface area contributed by atoms with E-state index in [0.29, 0.717) is 12.0 Å². The van der Waals surface area contributed by atoms with E-state index < -0.39 is 11.9 Å². The third-order valence-electron chi connectivity index (χ3n) is 2.81. The van der Waals surface area contributed by atoms with Crippen LogP contribution >= 0.6 is 0 Å². The molecule has 0 radical (unpaired) electrons.